The first-order chi connectivity index (χ1) is 15.1. The molecule has 0 aliphatic carbocycles. The van der Waals surface area contributed by atoms with Crippen LogP contribution in [0.2, 0.25) is 0 Å². The SMILES string of the molecule is O=C(NCc1ccc(S(=O)(=O)c2cccc(C(F)(F)F)c2)cc1)c1ccc2nccn2c1. The fraction of sp³-hybridized carbons (Fsp3) is 0.0909. The molecule has 0 unspecified atom stereocenters. The van der Waals surface area contributed by atoms with Crippen LogP contribution in [-0.2, 0) is 22.6 Å². The van der Waals surface area contributed by atoms with Gasteiger partial charge in [0.05, 0.1) is 20.9 Å². The van der Waals surface area contributed by atoms with Crippen LogP contribution in [0, 0.1) is 0 Å². The van der Waals surface area contributed by atoms with E-state index < -0.39 is 26.5 Å². The Kier molecular flexibility index (Phi) is 5.47. The first-order valence-corrected chi connectivity index (χ1v) is 10.9. The van der Waals surface area contributed by atoms with E-state index in [1.807, 2.05) is 0 Å². The quantitative estimate of drug-likeness (QED) is 0.487. The molecule has 2 aromatic heterocycles. The molecular formula is C22H16F3N3O3S. The molecule has 164 valence electrons. The van der Waals surface area contributed by atoms with Crippen LogP contribution in [0.3, 0.4) is 0 Å². The molecule has 4 rings (SSSR count). The molecule has 0 aliphatic heterocycles. The third-order valence-electron chi connectivity index (χ3n) is 4.81. The number of carbonyl (C=O) groups excluding carboxylic acids is 1. The van der Waals surface area contributed by atoms with Crippen molar-refractivity contribution in [2.24, 2.45) is 0 Å². The Balaban J connectivity index is 1.47. The second-order valence-electron chi connectivity index (χ2n) is 6.97. The van der Waals surface area contributed by atoms with E-state index in [0.717, 1.165) is 18.2 Å². The maximum atomic E-state index is 12.9. The van der Waals surface area contributed by atoms with Gasteiger partial charge in [0, 0.05) is 25.1 Å². The molecule has 0 atom stereocenters. The van der Waals surface area contributed by atoms with Gasteiger partial charge in [0.25, 0.3) is 5.91 Å². The average Bonchev–Trinajstić information content (AvgIpc) is 3.25. The second kappa shape index (κ2) is 8.12. The van der Waals surface area contributed by atoms with Crippen LogP contribution in [0.1, 0.15) is 21.5 Å². The van der Waals surface area contributed by atoms with Gasteiger partial charge in [-0.15, -0.1) is 0 Å². The number of imidazole rings is 1. The van der Waals surface area contributed by atoms with Crippen LogP contribution >= 0.6 is 0 Å². The number of aromatic nitrogens is 2. The highest BCUT2D eigenvalue weighted by Gasteiger charge is 2.32. The molecule has 0 fully saturated rings. The summed E-state index contributed by atoms with van der Waals surface area (Å²) in [5, 5.41) is 2.74. The molecule has 2 aromatic carbocycles. The van der Waals surface area contributed by atoms with E-state index in [4.69, 9.17) is 0 Å². The molecule has 32 heavy (non-hydrogen) atoms. The molecule has 0 spiro atoms. The van der Waals surface area contributed by atoms with E-state index in [1.54, 1.807) is 35.1 Å². The largest absolute Gasteiger partial charge is 0.416 e. The predicted octanol–water partition coefficient (Wildman–Crippen LogP) is 4.12. The third kappa shape index (κ3) is 4.35. The van der Waals surface area contributed by atoms with Gasteiger partial charge < -0.3 is 9.72 Å². The van der Waals surface area contributed by atoms with Gasteiger partial charge in [-0.05, 0) is 48.0 Å². The number of pyridine rings is 1. The lowest BCUT2D eigenvalue weighted by Gasteiger charge is -2.10. The third-order valence-corrected chi connectivity index (χ3v) is 6.58. The summed E-state index contributed by atoms with van der Waals surface area (Å²) in [4.78, 5) is 15.9. The molecule has 1 amide bonds. The van der Waals surface area contributed by atoms with E-state index in [1.165, 1.54) is 24.3 Å². The Morgan fingerprint density at radius 3 is 2.47 bits per heavy atom. The number of hydrogen-bond donors (Lipinski definition) is 1. The van der Waals surface area contributed by atoms with Crippen molar-refractivity contribution in [3.8, 4) is 0 Å². The lowest BCUT2D eigenvalue weighted by molar-refractivity contribution is -0.137. The number of halogens is 3. The molecule has 4 aromatic rings. The number of carbonyl (C=O) groups is 1. The summed E-state index contributed by atoms with van der Waals surface area (Å²) >= 11 is 0. The Bertz CT molecular complexity index is 1400. The van der Waals surface area contributed by atoms with Crippen molar-refractivity contribution in [2.45, 2.75) is 22.5 Å². The minimum absolute atomic E-state index is 0.141. The first-order valence-electron chi connectivity index (χ1n) is 9.37. The lowest BCUT2D eigenvalue weighted by Crippen LogP contribution is -2.23. The summed E-state index contributed by atoms with van der Waals surface area (Å²) < 4.78 is 65.9. The van der Waals surface area contributed by atoms with Crippen molar-refractivity contribution in [1.82, 2.24) is 14.7 Å². The van der Waals surface area contributed by atoms with Crippen molar-refractivity contribution in [2.75, 3.05) is 0 Å². The number of amides is 1. The summed E-state index contributed by atoms with van der Waals surface area (Å²) in [7, 11) is -4.12. The van der Waals surface area contributed by atoms with Gasteiger partial charge in [0.15, 0.2) is 0 Å². The Morgan fingerprint density at radius 1 is 1.00 bits per heavy atom. The van der Waals surface area contributed by atoms with E-state index in [2.05, 4.69) is 10.3 Å². The number of sulfone groups is 1. The van der Waals surface area contributed by atoms with Crippen molar-refractivity contribution in [3.63, 3.8) is 0 Å². The predicted molar refractivity (Wildman–Crippen MR) is 110 cm³/mol. The number of nitrogens with one attached hydrogen (secondary N) is 1. The van der Waals surface area contributed by atoms with Crippen LogP contribution < -0.4 is 5.32 Å². The maximum Gasteiger partial charge on any atom is 0.416 e. The molecule has 0 bridgehead atoms. The van der Waals surface area contributed by atoms with Crippen LogP contribution in [0.5, 0.6) is 0 Å². The highest BCUT2D eigenvalue weighted by molar-refractivity contribution is 7.91. The summed E-state index contributed by atoms with van der Waals surface area (Å²) in [6.07, 6.45) is 0.333. The smallest absolute Gasteiger partial charge is 0.348 e. The Morgan fingerprint density at radius 2 is 1.75 bits per heavy atom. The molecular weight excluding hydrogens is 443 g/mol. The number of fused-ring (bicyclic) bond motifs is 1. The van der Waals surface area contributed by atoms with Gasteiger partial charge >= 0.3 is 6.18 Å². The van der Waals surface area contributed by atoms with E-state index in [-0.39, 0.29) is 17.3 Å². The molecule has 1 N–H and O–H groups in total. The zero-order valence-electron chi connectivity index (χ0n) is 16.4. The van der Waals surface area contributed by atoms with Gasteiger partial charge in [-0.25, -0.2) is 13.4 Å². The number of rotatable bonds is 5. The zero-order chi connectivity index (χ0) is 22.9. The monoisotopic (exact) mass is 459 g/mol. The normalized spacial score (nSPS) is 12.1. The first kappa shape index (κ1) is 21.6. The maximum absolute atomic E-state index is 12.9. The average molecular weight is 459 g/mol. The molecule has 0 radical (unpaired) electrons. The summed E-state index contributed by atoms with van der Waals surface area (Å²) in [6, 6.07) is 12.6. The van der Waals surface area contributed by atoms with Crippen LogP contribution in [-0.4, -0.2) is 23.7 Å². The van der Waals surface area contributed by atoms with E-state index >= 15 is 0 Å². The van der Waals surface area contributed by atoms with Gasteiger partial charge in [0.1, 0.15) is 5.65 Å². The summed E-state index contributed by atoms with van der Waals surface area (Å²) in [5.74, 6) is -0.318. The van der Waals surface area contributed by atoms with Gasteiger partial charge in [-0.2, -0.15) is 13.2 Å². The highest BCUT2D eigenvalue weighted by atomic mass is 32.2. The highest BCUT2D eigenvalue weighted by Crippen LogP contribution is 2.32. The molecule has 10 heteroatoms. The number of nitrogens with zero attached hydrogens (tertiary/aromatic N) is 2. The number of alkyl halides is 3. The van der Waals surface area contributed by atoms with E-state index in [9.17, 15) is 26.4 Å². The minimum atomic E-state index is -4.64. The second-order valence-corrected chi connectivity index (χ2v) is 8.92. The lowest BCUT2D eigenvalue weighted by atomic mass is 10.2. The summed E-state index contributed by atoms with van der Waals surface area (Å²) in [6.45, 7) is 0.144. The topological polar surface area (TPSA) is 80.5 Å². The van der Waals surface area contributed by atoms with Gasteiger partial charge in [-0.3, -0.25) is 4.79 Å². The molecule has 2 heterocycles. The standard InChI is InChI=1S/C22H16F3N3O3S/c23-22(24,25)17-2-1-3-19(12-17)32(30,31)18-7-4-15(5-8-18)13-27-21(29)16-6-9-20-26-10-11-28(20)14-16/h1-12,14H,13H2,(H,27,29). The molecule has 0 aliphatic rings. The zero-order valence-corrected chi connectivity index (χ0v) is 17.2. The molecule has 0 saturated heterocycles. The van der Waals surface area contributed by atoms with Crippen LogP contribution in [0.15, 0.2) is 89.0 Å². The fourth-order valence-electron chi connectivity index (χ4n) is 3.10. The van der Waals surface area contributed by atoms with E-state index in [0.29, 0.717) is 22.8 Å². The Hall–Kier alpha value is -3.66. The number of hydrogen-bond acceptors (Lipinski definition) is 4. The van der Waals surface area contributed by atoms with Gasteiger partial charge in [0.2, 0.25) is 9.84 Å². The minimum Gasteiger partial charge on any atom is -0.348 e. The van der Waals surface area contributed by atoms with Crippen molar-refractivity contribution >= 4 is 21.4 Å². The van der Waals surface area contributed by atoms with Gasteiger partial charge in [-0.1, -0.05) is 18.2 Å². The number of benzene rings is 2. The summed E-state index contributed by atoms with van der Waals surface area (Å²) in [5.41, 5.74) is 0.732. The van der Waals surface area contributed by atoms with Crippen molar-refractivity contribution < 1.29 is 26.4 Å². The molecule has 0 saturated carbocycles. The molecule has 6 nitrogen and oxygen atoms in total. The fourth-order valence-corrected chi connectivity index (χ4v) is 4.41. The van der Waals surface area contributed by atoms with Crippen molar-refractivity contribution in [1.29, 1.82) is 0 Å². The van der Waals surface area contributed by atoms with Crippen molar-refractivity contribution in [3.05, 3.63) is 95.9 Å². The van der Waals surface area contributed by atoms with Crippen LogP contribution in [0.25, 0.3) is 5.65 Å². The Labute approximate surface area is 181 Å². The van der Waals surface area contributed by atoms with Crippen LogP contribution in [0.4, 0.5) is 13.2 Å².